The molecule has 1 aromatic heterocycles. The average Bonchev–Trinajstić information content (AvgIpc) is 3.09. The van der Waals surface area contributed by atoms with E-state index in [1.54, 1.807) is 14.2 Å². The number of para-hydroxylation sites is 2. The molecule has 1 unspecified atom stereocenters. The fraction of sp³-hybridized carbons (Fsp3) is 0.238. The summed E-state index contributed by atoms with van der Waals surface area (Å²) in [6.45, 7) is 1.85. The number of aromatic nitrogens is 2. The van der Waals surface area contributed by atoms with Crippen LogP contribution in [0.1, 0.15) is 18.5 Å². The van der Waals surface area contributed by atoms with E-state index in [2.05, 4.69) is 10.3 Å². The van der Waals surface area contributed by atoms with Gasteiger partial charge < -0.3 is 19.5 Å². The lowest BCUT2D eigenvalue weighted by atomic mass is 9.94. The molecule has 28 heavy (non-hydrogen) atoms. The first-order valence-electron chi connectivity index (χ1n) is 8.84. The van der Waals surface area contributed by atoms with Gasteiger partial charge in [0.25, 0.3) is 0 Å². The lowest BCUT2D eigenvalue weighted by Crippen LogP contribution is -2.28. The first-order chi connectivity index (χ1) is 13.6. The molecule has 2 aromatic carbocycles. The second-order valence-corrected chi connectivity index (χ2v) is 6.47. The molecule has 7 nitrogen and oxygen atoms in total. The predicted octanol–water partition coefficient (Wildman–Crippen LogP) is 3.52. The monoisotopic (exact) mass is 379 g/mol. The average molecular weight is 379 g/mol. The van der Waals surface area contributed by atoms with Crippen LogP contribution in [0.25, 0.3) is 11.0 Å². The lowest BCUT2D eigenvalue weighted by molar-refractivity contribution is -0.136. The van der Waals surface area contributed by atoms with Gasteiger partial charge in [0.2, 0.25) is 5.95 Å². The maximum atomic E-state index is 12.7. The molecule has 1 aliphatic heterocycles. The molecule has 3 aromatic rings. The van der Waals surface area contributed by atoms with Crippen molar-refractivity contribution in [1.82, 2.24) is 9.55 Å². The van der Waals surface area contributed by atoms with Crippen molar-refractivity contribution in [2.75, 3.05) is 26.6 Å². The molecule has 0 fully saturated rings. The van der Waals surface area contributed by atoms with E-state index in [-0.39, 0.29) is 0 Å². The van der Waals surface area contributed by atoms with E-state index in [4.69, 9.17) is 14.2 Å². The Kier molecular flexibility index (Phi) is 4.43. The molecule has 0 aliphatic carbocycles. The first kappa shape index (κ1) is 17.9. The fourth-order valence-electron chi connectivity index (χ4n) is 3.68. The molecule has 0 saturated carbocycles. The number of hydrogen-bond acceptors (Lipinski definition) is 6. The van der Waals surface area contributed by atoms with Gasteiger partial charge >= 0.3 is 5.97 Å². The topological polar surface area (TPSA) is 74.6 Å². The summed E-state index contributed by atoms with van der Waals surface area (Å²) in [6.07, 6.45) is 0. The van der Waals surface area contributed by atoms with Gasteiger partial charge in [0.15, 0.2) is 11.5 Å². The molecule has 0 saturated heterocycles. The van der Waals surface area contributed by atoms with Gasteiger partial charge in [-0.15, -0.1) is 0 Å². The van der Waals surface area contributed by atoms with Gasteiger partial charge in [-0.3, -0.25) is 4.57 Å². The van der Waals surface area contributed by atoms with E-state index >= 15 is 0 Å². The number of allylic oxidation sites excluding steroid dienone is 1. The number of benzene rings is 2. The van der Waals surface area contributed by atoms with Crippen LogP contribution < -0.4 is 14.8 Å². The molecule has 1 atom stereocenters. The van der Waals surface area contributed by atoms with Crippen LogP contribution in [0.15, 0.2) is 53.7 Å². The SMILES string of the molecule is COC(=O)C1=C(C)Nc2nc3ccccc3n2C1c1ccc(OC)c(OC)c1. The zero-order valence-corrected chi connectivity index (χ0v) is 16.1. The molecule has 0 spiro atoms. The Morgan fingerprint density at radius 1 is 1.07 bits per heavy atom. The predicted molar refractivity (Wildman–Crippen MR) is 106 cm³/mol. The van der Waals surface area contributed by atoms with Crippen LogP contribution in [0.4, 0.5) is 5.95 Å². The molecule has 1 N–H and O–H groups in total. The van der Waals surface area contributed by atoms with Crippen molar-refractivity contribution in [1.29, 1.82) is 0 Å². The first-order valence-corrected chi connectivity index (χ1v) is 8.84. The smallest absolute Gasteiger partial charge is 0.337 e. The minimum atomic E-state index is -0.420. The maximum Gasteiger partial charge on any atom is 0.337 e. The third kappa shape index (κ3) is 2.67. The summed E-state index contributed by atoms with van der Waals surface area (Å²) in [7, 11) is 4.56. The van der Waals surface area contributed by atoms with Gasteiger partial charge in [0, 0.05) is 5.70 Å². The van der Waals surface area contributed by atoms with Crippen molar-refractivity contribution < 1.29 is 19.0 Å². The van der Waals surface area contributed by atoms with Crippen molar-refractivity contribution in [2.45, 2.75) is 13.0 Å². The van der Waals surface area contributed by atoms with Crippen LogP contribution in [-0.4, -0.2) is 36.8 Å². The molecule has 0 radical (unpaired) electrons. The van der Waals surface area contributed by atoms with Gasteiger partial charge in [0.05, 0.1) is 44.0 Å². The van der Waals surface area contributed by atoms with Crippen LogP contribution in [-0.2, 0) is 9.53 Å². The van der Waals surface area contributed by atoms with Crippen molar-refractivity contribution in [2.24, 2.45) is 0 Å². The Hall–Kier alpha value is -3.48. The molecule has 4 rings (SSSR count). The highest BCUT2D eigenvalue weighted by molar-refractivity contribution is 5.94. The zero-order chi connectivity index (χ0) is 19.8. The highest BCUT2D eigenvalue weighted by Crippen LogP contribution is 2.41. The molecular weight excluding hydrogens is 358 g/mol. The van der Waals surface area contributed by atoms with Crippen molar-refractivity contribution in [3.05, 3.63) is 59.3 Å². The summed E-state index contributed by atoms with van der Waals surface area (Å²) < 4.78 is 17.9. The molecular formula is C21H21N3O4. The Balaban J connectivity index is 2.00. The quantitative estimate of drug-likeness (QED) is 0.699. The molecule has 144 valence electrons. The summed E-state index contributed by atoms with van der Waals surface area (Å²) in [4.78, 5) is 17.4. The van der Waals surface area contributed by atoms with Crippen LogP contribution >= 0.6 is 0 Å². The number of fused-ring (bicyclic) bond motifs is 3. The molecule has 0 amide bonds. The summed E-state index contributed by atoms with van der Waals surface area (Å²) in [5.41, 5.74) is 3.84. The number of esters is 1. The van der Waals surface area contributed by atoms with Crippen LogP contribution in [0, 0.1) is 0 Å². The Morgan fingerprint density at radius 2 is 1.82 bits per heavy atom. The van der Waals surface area contributed by atoms with E-state index in [0.717, 1.165) is 16.6 Å². The minimum Gasteiger partial charge on any atom is -0.493 e. The second kappa shape index (κ2) is 6.92. The lowest BCUT2D eigenvalue weighted by Gasteiger charge is -2.30. The number of hydrogen-bond donors (Lipinski definition) is 1. The minimum absolute atomic E-state index is 0.395. The number of anilines is 1. The van der Waals surface area contributed by atoms with Gasteiger partial charge in [-0.2, -0.15) is 0 Å². The standard InChI is InChI=1S/C21H21N3O4/c1-12-18(20(25)28-4)19(13-9-10-16(26-2)17(11-13)27-3)24-15-8-6-5-7-14(15)23-21(24)22-12/h5-11,19H,1-4H3,(H,22,23). The number of nitrogens with zero attached hydrogens (tertiary/aromatic N) is 2. The van der Waals surface area contributed by atoms with Gasteiger partial charge in [0.1, 0.15) is 0 Å². The zero-order valence-electron chi connectivity index (χ0n) is 16.1. The number of rotatable bonds is 4. The number of carbonyl (C=O) groups excluding carboxylic acids is 1. The van der Waals surface area contributed by atoms with E-state index in [1.165, 1.54) is 7.11 Å². The number of nitrogens with one attached hydrogen (secondary N) is 1. The van der Waals surface area contributed by atoms with E-state index < -0.39 is 12.0 Å². The van der Waals surface area contributed by atoms with E-state index in [0.29, 0.717) is 28.7 Å². The highest BCUT2D eigenvalue weighted by atomic mass is 16.5. The van der Waals surface area contributed by atoms with Gasteiger partial charge in [-0.25, -0.2) is 9.78 Å². The Labute approximate surface area is 162 Å². The largest absolute Gasteiger partial charge is 0.493 e. The summed E-state index contributed by atoms with van der Waals surface area (Å²) >= 11 is 0. The third-order valence-corrected chi connectivity index (χ3v) is 4.96. The van der Waals surface area contributed by atoms with Crippen molar-refractivity contribution in [3.8, 4) is 11.5 Å². The normalized spacial score (nSPS) is 15.8. The van der Waals surface area contributed by atoms with Crippen LogP contribution in [0.5, 0.6) is 11.5 Å². The summed E-state index contributed by atoms with van der Waals surface area (Å²) in [5, 5.41) is 3.24. The van der Waals surface area contributed by atoms with Gasteiger partial charge in [-0.05, 0) is 36.8 Å². The molecule has 2 heterocycles. The Bertz CT molecular complexity index is 1100. The number of carbonyl (C=O) groups is 1. The second-order valence-electron chi connectivity index (χ2n) is 6.47. The number of methoxy groups -OCH3 is 3. The highest BCUT2D eigenvalue weighted by Gasteiger charge is 2.35. The fourth-order valence-corrected chi connectivity index (χ4v) is 3.68. The van der Waals surface area contributed by atoms with Crippen LogP contribution in [0.2, 0.25) is 0 Å². The van der Waals surface area contributed by atoms with E-state index in [9.17, 15) is 4.79 Å². The molecule has 1 aliphatic rings. The van der Waals surface area contributed by atoms with Crippen molar-refractivity contribution >= 4 is 23.0 Å². The molecule has 7 heteroatoms. The van der Waals surface area contributed by atoms with E-state index in [1.807, 2.05) is 54.0 Å². The van der Waals surface area contributed by atoms with Gasteiger partial charge in [-0.1, -0.05) is 18.2 Å². The summed E-state index contributed by atoms with van der Waals surface area (Å²) in [5.74, 6) is 1.49. The number of ether oxygens (including phenoxy) is 3. The third-order valence-electron chi connectivity index (χ3n) is 4.96. The summed E-state index contributed by atoms with van der Waals surface area (Å²) in [6, 6.07) is 13.0. The Morgan fingerprint density at radius 3 is 2.54 bits per heavy atom. The number of imidazole rings is 1. The van der Waals surface area contributed by atoms with Crippen molar-refractivity contribution in [3.63, 3.8) is 0 Å². The maximum absolute atomic E-state index is 12.7. The van der Waals surface area contributed by atoms with Crippen LogP contribution in [0.3, 0.4) is 0 Å². The molecule has 0 bridgehead atoms.